The molecule has 0 aliphatic rings. The van der Waals surface area contributed by atoms with Crippen LogP contribution >= 0.6 is 39.1 Å². The van der Waals surface area contributed by atoms with E-state index in [1.54, 1.807) is 18.2 Å². The summed E-state index contributed by atoms with van der Waals surface area (Å²) in [6.07, 6.45) is 0.416. The number of alkyl halides is 1. The van der Waals surface area contributed by atoms with E-state index in [4.69, 9.17) is 32.0 Å². The van der Waals surface area contributed by atoms with Crippen LogP contribution in [0.15, 0.2) is 22.6 Å². The lowest BCUT2D eigenvalue weighted by molar-refractivity contribution is 0.440. The van der Waals surface area contributed by atoms with Crippen LogP contribution < -0.4 is 9.15 Å². The molecule has 0 spiro atoms. The van der Waals surface area contributed by atoms with Crippen molar-refractivity contribution < 1.29 is 22.4 Å². The Bertz CT molecular complexity index is 928. The van der Waals surface area contributed by atoms with Gasteiger partial charge in [-0.15, -0.1) is 0 Å². The van der Waals surface area contributed by atoms with Gasteiger partial charge in [0.1, 0.15) is 0 Å². The van der Waals surface area contributed by atoms with Gasteiger partial charge in [0.05, 0.1) is 15.8 Å². The third-order valence-electron chi connectivity index (χ3n) is 3.24. The summed E-state index contributed by atoms with van der Waals surface area (Å²) in [7, 11) is -5.88. The average Bonchev–Trinajstić information content (AvgIpc) is 2.83. The molecule has 11 heteroatoms. The van der Waals surface area contributed by atoms with Gasteiger partial charge in [0.15, 0.2) is 5.76 Å². The van der Waals surface area contributed by atoms with Crippen molar-refractivity contribution in [2.24, 2.45) is 0 Å². The first-order valence-electron chi connectivity index (χ1n) is 8.01. The Morgan fingerprint density at radius 3 is 2.56 bits per heavy atom. The van der Waals surface area contributed by atoms with E-state index in [2.05, 4.69) is 20.7 Å². The number of anilines is 1. The van der Waals surface area contributed by atoms with Crippen LogP contribution in [0, 0.1) is 0 Å². The van der Waals surface area contributed by atoms with Gasteiger partial charge in [0, 0.05) is 10.9 Å². The highest BCUT2D eigenvalue weighted by Gasteiger charge is 2.30. The molecular weight excluding hydrogens is 497 g/mol. The number of aromatic hydroxyl groups is 1. The number of sulfonamides is 1. The van der Waals surface area contributed by atoms with Crippen molar-refractivity contribution in [3.63, 3.8) is 0 Å². The lowest BCUT2D eigenvalue weighted by Gasteiger charge is -2.19. The minimum absolute atomic E-state index is 0.0195. The number of nitrogens with one attached hydrogen (secondary N) is 1. The molecule has 2 N–H and O–H groups in total. The molecule has 0 fully saturated rings. The zero-order chi connectivity index (χ0) is 20.4. The fourth-order valence-corrected chi connectivity index (χ4v) is 5.06. The van der Waals surface area contributed by atoms with Crippen LogP contribution in [0.5, 0.6) is 11.5 Å². The molecule has 2 rings (SSSR count). The van der Waals surface area contributed by atoms with E-state index in [-0.39, 0.29) is 38.9 Å². The van der Waals surface area contributed by atoms with Crippen LogP contribution in [-0.2, 0) is 10.0 Å². The normalized spacial score (nSPS) is 12.2. The Balaban J connectivity index is 2.57. The monoisotopic (exact) mass is 515 g/mol. The Morgan fingerprint density at radius 2 is 1.96 bits per heavy atom. The zero-order valence-electron chi connectivity index (χ0n) is 15.0. The third kappa shape index (κ3) is 5.80. The maximum absolute atomic E-state index is 12.3. The molecule has 0 amide bonds. The fourth-order valence-electron chi connectivity index (χ4n) is 2.17. The van der Waals surface area contributed by atoms with Gasteiger partial charge < -0.3 is 13.9 Å². The largest absolute Gasteiger partial charge is 0.538 e. The van der Waals surface area contributed by atoms with Gasteiger partial charge in [-0.3, -0.25) is 0 Å². The van der Waals surface area contributed by atoms with Gasteiger partial charge in [-0.25, -0.2) is 13.1 Å². The van der Waals surface area contributed by atoms with E-state index < -0.39 is 18.3 Å². The molecule has 0 saturated carbocycles. The van der Waals surface area contributed by atoms with E-state index in [0.717, 1.165) is 0 Å². The standard InChI is InChI=1S/C16H20BrCl2NO5SSi/c1-27(2,3)25-15-13(21)14(10-6-4-7-11(18)12(10)19)24-16(15)20-26(22,23)9-5-8-17/h4,6-7,20-21H,5,8-9H2,1-3H3. The predicted molar refractivity (Wildman–Crippen MR) is 116 cm³/mol. The molecule has 150 valence electrons. The third-order valence-corrected chi connectivity index (χ3v) is 6.76. The number of furan rings is 1. The summed E-state index contributed by atoms with van der Waals surface area (Å²) in [5.74, 6) is -0.703. The van der Waals surface area contributed by atoms with Gasteiger partial charge in [-0.1, -0.05) is 45.2 Å². The van der Waals surface area contributed by atoms with Crippen molar-refractivity contribution in [1.29, 1.82) is 0 Å². The van der Waals surface area contributed by atoms with Crippen LogP contribution in [0.3, 0.4) is 0 Å². The van der Waals surface area contributed by atoms with Crippen molar-refractivity contribution in [3.8, 4) is 22.8 Å². The van der Waals surface area contributed by atoms with Crippen LogP contribution in [0.25, 0.3) is 11.3 Å². The topological polar surface area (TPSA) is 88.8 Å². The van der Waals surface area contributed by atoms with Crippen molar-refractivity contribution >= 4 is 63.4 Å². The molecule has 0 aliphatic carbocycles. The highest BCUT2D eigenvalue weighted by Crippen LogP contribution is 2.49. The molecule has 0 saturated heterocycles. The Labute approximate surface area is 178 Å². The van der Waals surface area contributed by atoms with E-state index in [0.29, 0.717) is 17.3 Å². The summed E-state index contributed by atoms with van der Waals surface area (Å²) in [6, 6.07) is 4.84. The number of rotatable bonds is 8. The molecule has 2 aromatic rings. The van der Waals surface area contributed by atoms with Gasteiger partial charge >= 0.3 is 0 Å². The summed E-state index contributed by atoms with van der Waals surface area (Å²) < 4.78 is 38.4. The van der Waals surface area contributed by atoms with Crippen LogP contribution in [0.4, 0.5) is 5.88 Å². The molecule has 0 atom stereocenters. The second-order valence-electron chi connectivity index (χ2n) is 6.72. The molecule has 1 aromatic heterocycles. The molecular formula is C16H20BrCl2NO5SSi. The zero-order valence-corrected chi connectivity index (χ0v) is 19.9. The first kappa shape index (κ1) is 22.4. The smallest absolute Gasteiger partial charge is 0.252 e. The number of benzene rings is 1. The molecule has 0 bridgehead atoms. The molecule has 27 heavy (non-hydrogen) atoms. The van der Waals surface area contributed by atoms with Gasteiger partial charge in [0.2, 0.25) is 29.8 Å². The van der Waals surface area contributed by atoms with E-state index in [1.165, 1.54) is 0 Å². The fraction of sp³-hybridized carbons (Fsp3) is 0.375. The summed E-state index contributed by atoms with van der Waals surface area (Å²) >= 11 is 15.5. The van der Waals surface area contributed by atoms with Crippen LogP contribution in [-0.4, -0.2) is 32.9 Å². The highest BCUT2D eigenvalue weighted by atomic mass is 79.9. The second-order valence-corrected chi connectivity index (χ2v) is 14.6. The van der Waals surface area contributed by atoms with Crippen molar-refractivity contribution in [2.75, 3.05) is 15.8 Å². The second kappa shape index (κ2) is 8.65. The highest BCUT2D eigenvalue weighted by molar-refractivity contribution is 9.09. The predicted octanol–water partition coefficient (Wildman–Crippen LogP) is 5.70. The number of hydrogen-bond acceptors (Lipinski definition) is 5. The van der Waals surface area contributed by atoms with Crippen LogP contribution in [0.2, 0.25) is 29.7 Å². The maximum atomic E-state index is 12.3. The first-order valence-corrected chi connectivity index (χ1v) is 14.9. The lowest BCUT2D eigenvalue weighted by atomic mass is 10.1. The summed E-state index contributed by atoms with van der Waals surface area (Å²) in [5.41, 5.74) is 0.327. The quantitative estimate of drug-likeness (QED) is 0.347. The number of halogens is 3. The molecule has 0 aliphatic heterocycles. The minimum Gasteiger partial charge on any atom is -0.538 e. The minimum atomic E-state index is -3.69. The summed E-state index contributed by atoms with van der Waals surface area (Å²) in [4.78, 5) is 0. The van der Waals surface area contributed by atoms with Crippen molar-refractivity contribution in [3.05, 3.63) is 28.2 Å². The summed E-state index contributed by atoms with van der Waals surface area (Å²) in [6.45, 7) is 5.69. The average molecular weight is 517 g/mol. The van der Waals surface area contributed by atoms with Gasteiger partial charge in [-0.05, 0) is 38.2 Å². The number of hydrogen-bond donors (Lipinski definition) is 2. The van der Waals surface area contributed by atoms with Gasteiger partial charge in [-0.2, -0.15) is 0 Å². The Hall–Kier alpha value is -0.873. The van der Waals surface area contributed by atoms with Crippen molar-refractivity contribution in [2.45, 2.75) is 26.1 Å². The maximum Gasteiger partial charge on any atom is 0.252 e. The molecule has 0 unspecified atom stereocenters. The van der Waals surface area contributed by atoms with E-state index in [9.17, 15) is 13.5 Å². The van der Waals surface area contributed by atoms with Gasteiger partial charge in [0.25, 0.3) is 5.88 Å². The molecule has 6 nitrogen and oxygen atoms in total. The molecule has 1 aromatic carbocycles. The first-order chi connectivity index (χ1) is 12.4. The van der Waals surface area contributed by atoms with E-state index in [1.807, 2.05) is 19.6 Å². The molecule has 1 heterocycles. The Kier molecular flexibility index (Phi) is 7.18. The van der Waals surface area contributed by atoms with Crippen molar-refractivity contribution in [1.82, 2.24) is 0 Å². The lowest BCUT2D eigenvalue weighted by Crippen LogP contribution is -2.29. The SMILES string of the molecule is C[Si](C)(C)Oc1c(NS(=O)(=O)CCCBr)oc(-c2cccc(Cl)c2Cl)c1O. The summed E-state index contributed by atoms with van der Waals surface area (Å²) in [5, 5.41) is 11.7. The van der Waals surface area contributed by atoms with E-state index >= 15 is 0 Å². The van der Waals surface area contributed by atoms with Crippen LogP contribution in [0.1, 0.15) is 6.42 Å². The Morgan fingerprint density at radius 1 is 1.30 bits per heavy atom. The molecule has 0 radical (unpaired) electrons.